The fourth-order valence-electron chi connectivity index (χ4n) is 5.86. The zero-order valence-electron chi connectivity index (χ0n) is 23.3. The van der Waals surface area contributed by atoms with E-state index in [9.17, 15) is 27.6 Å². The van der Waals surface area contributed by atoms with E-state index in [1.807, 2.05) is 53.8 Å². The summed E-state index contributed by atoms with van der Waals surface area (Å²) in [5.74, 6) is -1.14. The van der Waals surface area contributed by atoms with E-state index >= 15 is 0 Å². The Bertz CT molecular complexity index is 1460. The van der Waals surface area contributed by atoms with Crippen molar-refractivity contribution >= 4 is 29.4 Å². The van der Waals surface area contributed by atoms with E-state index in [1.54, 1.807) is 23.1 Å². The Morgan fingerprint density at radius 1 is 0.860 bits per heavy atom. The van der Waals surface area contributed by atoms with Crippen LogP contribution in [0.3, 0.4) is 0 Å². The highest BCUT2D eigenvalue weighted by Gasteiger charge is 2.46. The first-order chi connectivity index (χ1) is 20.6. The molecule has 2 aliphatic rings. The number of hydrogen-bond acceptors (Lipinski definition) is 5. The van der Waals surface area contributed by atoms with Crippen molar-refractivity contribution in [2.75, 3.05) is 39.3 Å². The number of rotatable bonds is 9. The van der Waals surface area contributed by atoms with Gasteiger partial charge in [0.1, 0.15) is 6.54 Å². The Morgan fingerprint density at radius 3 is 2.09 bits per heavy atom. The molecule has 0 saturated carbocycles. The Morgan fingerprint density at radius 2 is 1.49 bits per heavy atom. The van der Waals surface area contributed by atoms with Crippen LogP contribution in [0.25, 0.3) is 11.1 Å². The van der Waals surface area contributed by atoms with Gasteiger partial charge < -0.3 is 15.0 Å². The Labute approximate surface area is 252 Å². The van der Waals surface area contributed by atoms with Crippen molar-refractivity contribution in [2.45, 2.75) is 31.0 Å². The third-order valence-electron chi connectivity index (χ3n) is 7.91. The second kappa shape index (κ2) is 12.8. The molecule has 226 valence electrons. The predicted octanol–water partition coefficient (Wildman–Crippen LogP) is 6.05. The van der Waals surface area contributed by atoms with Gasteiger partial charge in [0.25, 0.3) is 5.91 Å². The number of piperazine rings is 1. The number of benzene rings is 3. The first-order valence-electron chi connectivity index (χ1n) is 14.1. The average Bonchev–Trinajstić information content (AvgIpc) is 3.27. The van der Waals surface area contributed by atoms with Crippen LogP contribution in [0.5, 0.6) is 0 Å². The molecule has 3 aromatic carbocycles. The van der Waals surface area contributed by atoms with Crippen LogP contribution in [0.1, 0.15) is 40.7 Å². The van der Waals surface area contributed by atoms with Crippen LogP contribution in [0, 0.1) is 0 Å². The van der Waals surface area contributed by atoms with Gasteiger partial charge in [0, 0.05) is 47.9 Å². The topological polar surface area (TPSA) is 79.0 Å². The normalized spacial score (nSPS) is 15.9. The van der Waals surface area contributed by atoms with Gasteiger partial charge in [-0.2, -0.15) is 13.2 Å². The maximum absolute atomic E-state index is 12.8. The number of ketones is 1. The number of hydrogen-bond donors (Lipinski definition) is 1. The first-order valence-corrected chi connectivity index (χ1v) is 14.5. The van der Waals surface area contributed by atoms with E-state index in [2.05, 4.69) is 4.90 Å². The second-order valence-corrected chi connectivity index (χ2v) is 11.1. The minimum atomic E-state index is -4.56. The fraction of sp³-hybridized carbons (Fsp3) is 0.344. The van der Waals surface area contributed by atoms with Crippen molar-refractivity contribution in [1.29, 1.82) is 0 Å². The van der Waals surface area contributed by atoms with Gasteiger partial charge in [0.05, 0.1) is 0 Å². The number of carbonyl (C=O) groups excluding carboxylic acids is 3. The van der Waals surface area contributed by atoms with Gasteiger partial charge in [-0.3, -0.25) is 14.5 Å². The first kappa shape index (κ1) is 30.6. The van der Waals surface area contributed by atoms with Crippen LogP contribution < -0.4 is 5.32 Å². The summed E-state index contributed by atoms with van der Waals surface area (Å²) in [5, 5.41) is 2.25. The lowest BCUT2D eigenvalue weighted by molar-refractivity contribution is -0.128. The van der Waals surface area contributed by atoms with Crippen molar-refractivity contribution in [2.24, 2.45) is 0 Å². The summed E-state index contributed by atoms with van der Waals surface area (Å²) in [6.07, 6.45) is -3.95. The molecule has 0 bridgehead atoms. The molecule has 0 unspecified atom stereocenters. The van der Waals surface area contributed by atoms with Gasteiger partial charge in [0.15, 0.2) is 5.60 Å². The lowest BCUT2D eigenvalue weighted by Gasteiger charge is -2.35. The zero-order chi connectivity index (χ0) is 30.6. The van der Waals surface area contributed by atoms with E-state index in [-0.39, 0.29) is 5.56 Å². The highest BCUT2D eigenvalue weighted by atomic mass is 35.5. The molecule has 0 spiro atoms. The highest BCUT2D eigenvalue weighted by Crippen LogP contribution is 2.52. The lowest BCUT2D eigenvalue weighted by atomic mass is 9.86. The Balaban J connectivity index is 1.21. The molecule has 5 rings (SSSR count). The van der Waals surface area contributed by atoms with Gasteiger partial charge in [0.2, 0.25) is 5.78 Å². The molecule has 1 aliphatic heterocycles. The summed E-state index contributed by atoms with van der Waals surface area (Å²) in [7, 11) is 0. The van der Waals surface area contributed by atoms with Gasteiger partial charge in [-0.25, -0.2) is 4.79 Å². The van der Waals surface area contributed by atoms with Crippen LogP contribution in [-0.2, 0) is 15.1 Å². The van der Waals surface area contributed by atoms with E-state index in [1.165, 1.54) is 6.07 Å². The van der Waals surface area contributed by atoms with Crippen molar-refractivity contribution in [3.05, 3.63) is 94.5 Å². The van der Waals surface area contributed by atoms with Crippen LogP contribution >= 0.6 is 11.6 Å². The number of fused-ring (bicyclic) bond motifs is 3. The maximum Gasteiger partial charge on any atom is 0.408 e. The van der Waals surface area contributed by atoms with E-state index in [0.29, 0.717) is 50.6 Å². The van der Waals surface area contributed by atoms with Crippen LogP contribution in [0.15, 0.2) is 72.8 Å². The molecular weight excluding hydrogens is 583 g/mol. The Hall–Kier alpha value is -3.89. The molecule has 1 saturated heterocycles. The number of amides is 2. The number of Topliss-reactive ketones (excluding diaryl/α,β-unsaturated/α-hetero) is 1. The molecule has 1 N–H and O–H groups in total. The average molecular weight is 614 g/mol. The van der Waals surface area contributed by atoms with E-state index in [0.717, 1.165) is 28.7 Å². The SMILES string of the molecule is O=C(NCC(F)(F)F)OC1(CCCCN2CCN(C(=O)C(=O)c3cccc(Cl)c3)CC2)c2ccccc2-c2ccccc21. The molecule has 7 nitrogen and oxygen atoms in total. The summed E-state index contributed by atoms with van der Waals surface area (Å²) < 4.78 is 44.3. The third-order valence-corrected chi connectivity index (χ3v) is 8.14. The van der Waals surface area contributed by atoms with Gasteiger partial charge in [-0.05, 0) is 49.1 Å². The maximum atomic E-state index is 12.8. The summed E-state index contributed by atoms with van der Waals surface area (Å²) in [6, 6.07) is 21.3. The summed E-state index contributed by atoms with van der Waals surface area (Å²) in [6.45, 7) is 1.26. The molecule has 1 heterocycles. The third kappa shape index (κ3) is 6.86. The number of unbranched alkanes of at least 4 members (excludes halogenated alkanes) is 1. The molecular formula is C32H31ClF3N3O4. The number of alkyl carbamates (subject to hydrolysis) is 1. The quantitative estimate of drug-likeness (QED) is 0.181. The van der Waals surface area contributed by atoms with Crippen LogP contribution in [-0.4, -0.2) is 73.0 Å². The van der Waals surface area contributed by atoms with E-state index in [4.69, 9.17) is 16.3 Å². The summed E-state index contributed by atoms with van der Waals surface area (Å²) >= 11 is 5.96. The van der Waals surface area contributed by atoms with Crippen molar-refractivity contribution in [1.82, 2.24) is 15.1 Å². The monoisotopic (exact) mass is 613 g/mol. The number of halogens is 4. The highest BCUT2D eigenvalue weighted by molar-refractivity contribution is 6.43. The number of alkyl halides is 3. The summed E-state index contributed by atoms with van der Waals surface area (Å²) in [5.41, 5.74) is 2.29. The molecule has 0 aromatic heterocycles. The molecule has 0 radical (unpaired) electrons. The smallest absolute Gasteiger partial charge is 0.408 e. The molecule has 3 aromatic rings. The second-order valence-electron chi connectivity index (χ2n) is 10.7. The molecule has 0 atom stereocenters. The number of nitrogens with one attached hydrogen (secondary N) is 1. The molecule has 43 heavy (non-hydrogen) atoms. The molecule has 11 heteroatoms. The standard InChI is InChI=1S/C32H31ClF3N3O4/c33-23-9-7-8-22(20-23)28(40)29(41)39-18-16-38(17-19-39)15-6-5-14-31(43-30(42)37-21-32(34,35)36)26-12-3-1-10-24(26)25-11-2-4-13-27(25)31/h1-4,7-13,20H,5-6,14-19,21H2,(H,37,42). The molecule has 1 aliphatic carbocycles. The largest absolute Gasteiger partial charge is 0.433 e. The van der Waals surface area contributed by atoms with Crippen LogP contribution in [0.4, 0.5) is 18.0 Å². The van der Waals surface area contributed by atoms with E-state index < -0.39 is 36.1 Å². The Kier molecular flexibility index (Phi) is 9.08. The van der Waals surface area contributed by atoms with Crippen LogP contribution in [0.2, 0.25) is 5.02 Å². The minimum absolute atomic E-state index is 0.262. The van der Waals surface area contributed by atoms with Gasteiger partial charge >= 0.3 is 12.3 Å². The number of ether oxygens (including phenoxy) is 1. The summed E-state index contributed by atoms with van der Waals surface area (Å²) in [4.78, 5) is 41.8. The lowest BCUT2D eigenvalue weighted by Crippen LogP contribution is -2.50. The number of carbonyl (C=O) groups is 3. The molecule has 1 fully saturated rings. The number of nitrogens with zero attached hydrogens (tertiary/aromatic N) is 2. The van der Waals surface area contributed by atoms with Crippen molar-refractivity contribution in [3.63, 3.8) is 0 Å². The fourth-order valence-corrected chi connectivity index (χ4v) is 6.05. The van der Waals surface area contributed by atoms with Crippen molar-refractivity contribution < 1.29 is 32.3 Å². The predicted molar refractivity (Wildman–Crippen MR) is 156 cm³/mol. The molecule has 2 amide bonds. The van der Waals surface area contributed by atoms with Gasteiger partial charge in [-0.1, -0.05) is 72.3 Å². The van der Waals surface area contributed by atoms with Gasteiger partial charge in [-0.15, -0.1) is 0 Å². The van der Waals surface area contributed by atoms with Crippen molar-refractivity contribution in [3.8, 4) is 11.1 Å². The minimum Gasteiger partial charge on any atom is -0.433 e. The zero-order valence-corrected chi connectivity index (χ0v) is 24.1.